The molecular weight excluding hydrogens is 284 g/mol. The molecule has 21 heavy (non-hydrogen) atoms. The van der Waals surface area contributed by atoms with E-state index < -0.39 is 0 Å². The zero-order valence-electron chi connectivity index (χ0n) is 13.0. The van der Waals surface area contributed by atoms with Gasteiger partial charge in [-0.3, -0.25) is 4.79 Å². The van der Waals surface area contributed by atoms with Gasteiger partial charge in [0.1, 0.15) is 0 Å². The molecule has 0 heterocycles. The van der Waals surface area contributed by atoms with E-state index in [2.05, 4.69) is 12.2 Å². The summed E-state index contributed by atoms with van der Waals surface area (Å²) in [6.07, 6.45) is 9.24. The molecule has 4 aliphatic rings. The number of hydrogen-bond acceptors (Lipinski definition) is 2. The molecule has 0 aromatic carbocycles. The van der Waals surface area contributed by atoms with Crippen LogP contribution in [0.2, 0.25) is 0 Å². The van der Waals surface area contributed by atoms with Crippen molar-refractivity contribution in [1.29, 1.82) is 0 Å². The van der Waals surface area contributed by atoms with Gasteiger partial charge in [-0.2, -0.15) is 0 Å². The third-order valence-corrected chi connectivity index (χ3v) is 7.09. The van der Waals surface area contributed by atoms with E-state index in [1.54, 1.807) is 0 Å². The van der Waals surface area contributed by atoms with E-state index in [0.717, 1.165) is 17.8 Å². The van der Waals surface area contributed by atoms with Crippen molar-refractivity contribution in [2.24, 2.45) is 41.2 Å². The molecule has 0 radical (unpaired) electrons. The smallest absolute Gasteiger partial charge is 0.225 e. The lowest BCUT2D eigenvalue weighted by molar-refractivity contribution is -0.128. The molecule has 4 aliphatic carbocycles. The number of amides is 1. The molecule has 0 spiro atoms. The van der Waals surface area contributed by atoms with Gasteiger partial charge in [0.15, 0.2) is 0 Å². The van der Waals surface area contributed by atoms with Gasteiger partial charge < -0.3 is 11.1 Å². The van der Waals surface area contributed by atoms with Crippen molar-refractivity contribution in [2.75, 3.05) is 0 Å². The molecule has 120 valence electrons. The summed E-state index contributed by atoms with van der Waals surface area (Å²) in [6, 6.07) is 0.477. The minimum atomic E-state index is 0. The summed E-state index contributed by atoms with van der Waals surface area (Å²) in [5.41, 5.74) is 6.29. The Hall–Kier alpha value is -0.280. The van der Waals surface area contributed by atoms with Crippen LogP contribution in [-0.4, -0.2) is 18.0 Å². The van der Waals surface area contributed by atoms with E-state index in [1.807, 2.05) is 0 Å². The molecule has 0 aromatic rings. The second-order valence-corrected chi connectivity index (χ2v) is 8.07. The standard InChI is InChI=1S/C17H28N2O.ClH/c1-9(14-7-10-2-3-11(14)6-10)19-17(20)15-12-4-5-13(8-12)16(15)18;/h9-16H,2-8,18H2,1H3,(H,19,20);1H. The number of fused-ring (bicyclic) bond motifs is 4. The van der Waals surface area contributed by atoms with Gasteiger partial charge in [0.05, 0.1) is 5.92 Å². The van der Waals surface area contributed by atoms with Crippen molar-refractivity contribution < 1.29 is 4.79 Å². The summed E-state index contributed by atoms with van der Waals surface area (Å²) in [7, 11) is 0. The van der Waals surface area contributed by atoms with E-state index in [4.69, 9.17) is 5.73 Å². The highest BCUT2D eigenvalue weighted by molar-refractivity contribution is 5.85. The lowest BCUT2D eigenvalue weighted by Gasteiger charge is -2.32. The van der Waals surface area contributed by atoms with Gasteiger partial charge in [0.2, 0.25) is 5.91 Å². The Balaban J connectivity index is 0.00000132. The van der Waals surface area contributed by atoms with Crippen LogP contribution >= 0.6 is 12.4 Å². The first-order valence-corrected chi connectivity index (χ1v) is 8.69. The number of carbonyl (C=O) groups excluding carboxylic acids is 1. The number of hydrogen-bond donors (Lipinski definition) is 2. The fourth-order valence-electron chi connectivity index (χ4n) is 6.06. The van der Waals surface area contributed by atoms with Gasteiger partial charge in [-0.25, -0.2) is 0 Å². The van der Waals surface area contributed by atoms with Crippen molar-refractivity contribution in [2.45, 2.75) is 64.0 Å². The first kappa shape index (κ1) is 15.6. The predicted octanol–water partition coefficient (Wildman–Crippen LogP) is 2.72. The van der Waals surface area contributed by atoms with Crippen LogP contribution in [0.5, 0.6) is 0 Å². The maximum absolute atomic E-state index is 12.6. The molecule has 4 bridgehead atoms. The molecule has 0 aromatic heterocycles. The van der Waals surface area contributed by atoms with Crippen LogP contribution in [0.3, 0.4) is 0 Å². The summed E-state index contributed by atoms with van der Waals surface area (Å²) in [5.74, 6) is 4.12. The molecule has 3 nitrogen and oxygen atoms in total. The second kappa shape index (κ2) is 5.73. The Bertz CT molecular complexity index is 414. The molecule has 4 saturated carbocycles. The van der Waals surface area contributed by atoms with Crippen molar-refractivity contribution in [3.8, 4) is 0 Å². The fourth-order valence-corrected chi connectivity index (χ4v) is 6.06. The fraction of sp³-hybridized carbons (Fsp3) is 0.941. The van der Waals surface area contributed by atoms with Crippen LogP contribution in [0.25, 0.3) is 0 Å². The highest BCUT2D eigenvalue weighted by Crippen LogP contribution is 2.50. The predicted molar refractivity (Wildman–Crippen MR) is 86.1 cm³/mol. The Labute approximate surface area is 134 Å². The highest BCUT2D eigenvalue weighted by Gasteiger charge is 2.50. The van der Waals surface area contributed by atoms with Gasteiger partial charge in [0, 0.05) is 12.1 Å². The van der Waals surface area contributed by atoms with Crippen molar-refractivity contribution in [1.82, 2.24) is 5.32 Å². The van der Waals surface area contributed by atoms with Crippen LogP contribution in [-0.2, 0) is 4.79 Å². The SMILES string of the molecule is CC(NC(=O)C1C2CCC(C2)C1N)C1CC2CCC1C2.Cl. The van der Waals surface area contributed by atoms with Gasteiger partial charge in [-0.15, -0.1) is 12.4 Å². The number of nitrogens with one attached hydrogen (secondary N) is 1. The molecule has 4 heteroatoms. The minimum absolute atomic E-state index is 0. The van der Waals surface area contributed by atoms with Gasteiger partial charge in [-0.1, -0.05) is 6.42 Å². The molecule has 1 amide bonds. The lowest BCUT2D eigenvalue weighted by Crippen LogP contribution is -2.49. The van der Waals surface area contributed by atoms with E-state index in [0.29, 0.717) is 17.9 Å². The van der Waals surface area contributed by atoms with Crippen LogP contribution in [0.1, 0.15) is 51.9 Å². The number of halogens is 1. The third kappa shape index (κ3) is 2.50. The third-order valence-electron chi connectivity index (χ3n) is 7.09. The van der Waals surface area contributed by atoms with Gasteiger partial charge in [-0.05, 0) is 75.0 Å². The number of nitrogens with two attached hydrogens (primary N) is 1. The Kier molecular flexibility index (Phi) is 4.26. The van der Waals surface area contributed by atoms with E-state index in [1.165, 1.54) is 44.9 Å². The molecular formula is C17H29ClN2O. The minimum Gasteiger partial charge on any atom is -0.353 e. The van der Waals surface area contributed by atoms with Crippen molar-refractivity contribution >= 4 is 18.3 Å². The van der Waals surface area contributed by atoms with E-state index >= 15 is 0 Å². The highest BCUT2D eigenvalue weighted by atomic mass is 35.5. The van der Waals surface area contributed by atoms with E-state index in [9.17, 15) is 4.79 Å². The van der Waals surface area contributed by atoms with Gasteiger partial charge in [0.25, 0.3) is 0 Å². The van der Waals surface area contributed by atoms with E-state index in [-0.39, 0.29) is 30.3 Å². The average Bonchev–Trinajstić information content (AvgIpc) is 3.18. The monoisotopic (exact) mass is 312 g/mol. The maximum atomic E-state index is 12.6. The molecule has 8 atom stereocenters. The van der Waals surface area contributed by atoms with Crippen LogP contribution < -0.4 is 11.1 Å². The van der Waals surface area contributed by atoms with Crippen LogP contribution in [0.15, 0.2) is 0 Å². The molecule has 0 aliphatic heterocycles. The quantitative estimate of drug-likeness (QED) is 0.842. The summed E-state index contributed by atoms with van der Waals surface area (Å²) >= 11 is 0. The summed E-state index contributed by atoms with van der Waals surface area (Å²) < 4.78 is 0. The average molecular weight is 313 g/mol. The van der Waals surface area contributed by atoms with Crippen molar-refractivity contribution in [3.05, 3.63) is 0 Å². The zero-order chi connectivity index (χ0) is 13.9. The number of rotatable bonds is 3. The Morgan fingerprint density at radius 1 is 1.05 bits per heavy atom. The molecule has 0 saturated heterocycles. The second-order valence-electron chi connectivity index (χ2n) is 8.07. The molecule has 4 rings (SSSR count). The maximum Gasteiger partial charge on any atom is 0.225 e. The lowest BCUT2D eigenvalue weighted by atomic mass is 9.82. The van der Waals surface area contributed by atoms with Crippen LogP contribution in [0, 0.1) is 35.5 Å². The molecule has 3 N–H and O–H groups in total. The number of carbonyl (C=O) groups is 1. The molecule has 4 fully saturated rings. The van der Waals surface area contributed by atoms with Crippen molar-refractivity contribution in [3.63, 3.8) is 0 Å². The summed E-state index contributed by atoms with van der Waals surface area (Å²) in [6.45, 7) is 2.22. The first-order chi connectivity index (χ1) is 9.63. The first-order valence-electron chi connectivity index (χ1n) is 8.69. The Morgan fingerprint density at radius 2 is 1.76 bits per heavy atom. The van der Waals surface area contributed by atoms with Gasteiger partial charge >= 0.3 is 0 Å². The summed E-state index contributed by atoms with van der Waals surface area (Å²) in [4.78, 5) is 12.6. The zero-order valence-corrected chi connectivity index (χ0v) is 13.8. The Morgan fingerprint density at radius 3 is 2.33 bits per heavy atom. The summed E-state index contributed by atoms with van der Waals surface area (Å²) in [5, 5.41) is 3.34. The molecule has 8 unspecified atom stereocenters. The van der Waals surface area contributed by atoms with Crippen LogP contribution in [0.4, 0.5) is 0 Å². The topological polar surface area (TPSA) is 55.1 Å². The normalized spacial score (nSPS) is 48.2. The largest absolute Gasteiger partial charge is 0.353 e.